The summed E-state index contributed by atoms with van der Waals surface area (Å²) in [5.41, 5.74) is 5.71. The Balaban J connectivity index is 2.74. The van der Waals surface area contributed by atoms with Gasteiger partial charge in [0, 0.05) is 0 Å². The van der Waals surface area contributed by atoms with E-state index in [9.17, 15) is 8.42 Å². The van der Waals surface area contributed by atoms with E-state index in [0.29, 0.717) is 17.2 Å². The third-order valence-corrected chi connectivity index (χ3v) is 4.55. The zero-order valence-electron chi connectivity index (χ0n) is 10.6. The van der Waals surface area contributed by atoms with Crippen LogP contribution in [0.4, 0.5) is 0 Å². The molecular formula is C12H17ClN2O3S. The van der Waals surface area contributed by atoms with Gasteiger partial charge in [-0.25, -0.2) is 8.42 Å². The zero-order valence-corrected chi connectivity index (χ0v) is 12.2. The molecule has 0 radical (unpaired) electrons. The van der Waals surface area contributed by atoms with Gasteiger partial charge in [-0.15, -0.1) is 0 Å². The quantitative estimate of drug-likeness (QED) is 0.593. The number of rotatable bonds is 7. The lowest BCUT2D eigenvalue weighted by Crippen LogP contribution is -2.19. The van der Waals surface area contributed by atoms with Gasteiger partial charge in [0.2, 0.25) is 0 Å². The highest BCUT2D eigenvalue weighted by atomic mass is 35.5. The van der Waals surface area contributed by atoms with Crippen LogP contribution in [0.3, 0.4) is 0 Å². The van der Waals surface area contributed by atoms with Gasteiger partial charge >= 0.3 is 0 Å². The topological polar surface area (TPSA) is 93.2 Å². The summed E-state index contributed by atoms with van der Waals surface area (Å²) in [6, 6.07) is 4.86. The minimum Gasteiger partial charge on any atom is -0.492 e. The Labute approximate surface area is 118 Å². The molecule has 0 bridgehead atoms. The molecule has 1 aromatic carbocycles. The van der Waals surface area contributed by atoms with Gasteiger partial charge in [-0.1, -0.05) is 24.6 Å². The number of sulfone groups is 1. The monoisotopic (exact) mass is 304 g/mol. The van der Waals surface area contributed by atoms with E-state index >= 15 is 0 Å². The lowest BCUT2D eigenvalue weighted by molar-refractivity contribution is 0.340. The van der Waals surface area contributed by atoms with Crippen LogP contribution in [0.2, 0.25) is 5.02 Å². The molecular weight excluding hydrogens is 288 g/mol. The maximum absolute atomic E-state index is 11.5. The molecule has 0 unspecified atom stereocenters. The second-order valence-electron chi connectivity index (χ2n) is 4.03. The fourth-order valence-corrected chi connectivity index (χ4v) is 3.01. The van der Waals surface area contributed by atoms with Crippen LogP contribution in [0.5, 0.6) is 5.75 Å². The second-order valence-corrected chi connectivity index (χ2v) is 6.74. The number of hydrogen-bond donors (Lipinski definition) is 2. The minimum absolute atomic E-state index is 0.0168. The maximum atomic E-state index is 11.5. The fraction of sp³-hybridized carbons (Fsp3) is 0.417. The summed E-state index contributed by atoms with van der Waals surface area (Å²) in [5.74, 6) is 0.194. The van der Waals surface area contributed by atoms with Gasteiger partial charge in [0.25, 0.3) is 0 Å². The third-order valence-electron chi connectivity index (χ3n) is 2.41. The summed E-state index contributed by atoms with van der Waals surface area (Å²) in [7, 11) is -3.09. The number of benzene rings is 1. The van der Waals surface area contributed by atoms with E-state index in [2.05, 4.69) is 0 Å². The largest absolute Gasteiger partial charge is 0.492 e. The van der Waals surface area contributed by atoms with E-state index < -0.39 is 9.84 Å². The lowest BCUT2D eigenvalue weighted by Gasteiger charge is -2.11. The number of nitrogens with one attached hydrogen (secondary N) is 1. The van der Waals surface area contributed by atoms with Crippen molar-refractivity contribution in [1.82, 2.24) is 0 Å². The smallest absolute Gasteiger partial charge is 0.153 e. The molecule has 1 aromatic rings. The maximum Gasteiger partial charge on any atom is 0.153 e. The van der Waals surface area contributed by atoms with E-state index in [1.165, 1.54) is 0 Å². The number of nitrogen functional groups attached to an aromatic ring is 1. The average molecular weight is 305 g/mol. The Bertz CT molecular complexity index is 558. The molecule has 0 saturated carbocycles. The van der Waals surface area contributed by atoms with Crippen LogP contribution in [0.25, 0.3) is 0 Å². The molecule has 19 heavy (non-hydrogen) atoms. The van der Waals surface area contributed by atoms with Crippen LogP contribution < -0.4 is 10.5 Å². The predicted molar refractivity (Wildman–Crippen MR) is 76.9 cm³/mol. The molecule has 0 fully saturated rings. The first-order chi connectivity index (χ1) is 8.87. The standard InChI is InChI=1S/C12H17ClN2O3S/c1-2-7-19(16,17)8-6-18-10-5-3-4-9(13)11(10)12(14)15/h3-5H,2,6-8H2,1H3,(H3,14,15). The zero-order chi connectivity index (χ0) is 14.5. The van der Waals surface area contributed by atoms with E-state index in [0.717, 1.165) is 0 Å². The van der Waals surface area contributed by atoms with Crippen molar-refractivity contribution in [1.29, 1.82) is 5.41 Å². The highest BCUT2D eigenvalue weighted by molar-refractivity contribution is 7.91. The van der Waals surface area contributed by atoms with Crippen LogP contribution in [-0.2, 0) is 9.84 Å². The number of hydrogen-bond acceptors (Lipinski definition) is 4. The van der Waals surface area contributed by atoms with E-state index in [1.807, 2.05) is 6.92 Å². The summed E-state index contributed by atoms with van der Waals surface area (Å²) in [5, 5.41) is 7.74. The number of nitrogens with two attached hydrogens (primary N) is 1. The van der Waals surface area contributed by atoms with Crippen molar-refractivity contribution < 1.29 is 13.2 Å². The van der Waals surface area contributed by atoms with E-state index in [-0.39, 0.29) is 29.5 Å². The number of halogens is 1. The molecule has 0 spiro atoms. The second kappa shape index (κ2) is 6.77. The molecule has 3 N–H and O–H groups in total. The summed E-state index contributed by atoms with van der Waals surface area (Å²) in [4.78, 5) is 0. The highest BCUT2D eigenvalue weighted by Gasteiger charge is 2.13. The Morgan fingerprint density at radius 3 is 2.68 bits per heavy atom. The van der Waals surface area contributed by atoms with Gasteiger partial charge in [0.15, 0.2) is 9.84 Å². The molecule has 0 amide bonds. The van der Waals surface area contributed by atoms with Crippen molar-refractivity contribution in [3.05, 3.63) is 28.8 Å². The van der Waals surface area contributed by atoms with Crippen LogP contribution >= 0.6 is 11.6 Å². The molecule has 5 nitrogen and oxygen atoms in total. The van der Waals surface area contributed by atoms with Crippen molar-refractivity contribution in [3.8, 4) is 5.75 Å². The molecule has 1 rings (SSSR count). The average Bonchev–Trinajstić information content (AvgIpc) is 2.28. The normalized spacial score (nSPS) is 11.3. The van der Waals surface area contributed by atoms with Crippen molar-refractivity contribution >= 4 is 27.3 Å². The van der Waals surface area contributed by atoms with Gasteiger partial charge in [-0.2, -0.15) is 0 Å². The SMILES string of the molecule is CCCS(=O)(=O)CCOc1cccc(Cl)c1C(=N)N. The number of ether oxygens (including phenoxy) is 1. The van der Waals surface area contributed by atoms with Crippen molar-refractivity contribution in [2.75, 3.05) is 18.1 Å². The van der Waals surface area contributed by atoms with E-state index in [4.69, 9.17) is 27.5 Å². The van der Waals surface area contributed by atoms with Crippen LogP contribution in [0, 0.1) is 5.41 Å². The van der Waals surface area contributed by atoms with Gasteiger partial charge < -0.3 is 10.5 Å². The first kappa shape index (κ1) is 15.8. The molecule has 0 aromatic heterocycles. The highest BCUT2D eigenvalue weighted by Crippen LogP contribution is 2.25. The molecule has 0 aliphatic carbocycles. The molecule has 0 heterocycles. The van der Waals surface area contributed by atoms with Gasteiger partial charge in [0.1, 0.15) is 18.2 Å². The van der Waals surface area contributed by atoms with Crippen molar-refractivity contribution in [2.24, 2.45) is 5.73 Å². The predicted octanol–water partition coefficient (Wildman–Crippen LogP) is 1.83. The van der Waals surface area contributed by atoms with Gasteiger partial charge in [0.05, 0.1) is 22.1 Å². The van der Waals surface area contributed by atoms with Crippen molar-refractivity contribution in [2.45, 2.75) is 13.3 Å². The van der Waals surface area contributed by atoms with E-state index in [1.54, 1.807) is 18.2 Å². The molecule has 0 aliphatic rings. The van der Waals surface area contributed by atoms with Crippen LogP contribution in [-0.4, -0.2) is 32.4 Å². The third kappa shape index (κ3) is 4.72. The molecule has 7 heteroatoms. The summed E-state index contributed by atoms with van der Waals surface area (Å²) < 4.78 is 28.4. The molecule has 106 valence electrons. The van der Waals surface area contributed by atoms with Crippen LogP contribution in [0.1, 0.15) is 18.9 Å². The Morgan fingerprint density at radius 1 is 1.42 bits per heavy atom. The first-order valence-corrected chi connectivity index (χ1v) is 8.03. The Hall–Kier alpha value is -1.27. The summed E-state index contributed by atoms with van der Waals surface area (Å²) >= 11 is 5.92. The first-order valence-electron chi connectivity index (χ1n) is 5.83. The summed E-state index contributed by atoms with van der Waals surface area (Å²) in [6.07, 6.45) is 0.582. The molecule has 0 atom stereocenters. The van der Waals surface area contributed by atoms with Crippen molar-refractivity contribution in [3.63, 3.8) is 0 Å². The number of amidine groups is 1. The minimum atomic E-state index is -3.09. The Morgan fingerprint density at radius 2 is 2.11 bits per heavy atom. The van der Waals surface area contributed by atoms with Crippen LogP contribution in [0.15, 0.2) is 18.2 Å². The molecule has 0 aliphatic heterocycles. The lowest BCUT2D eigenvalue weighted by atomic mass is 10.2. The van der Waals surface area contributed by atoms with Gasteiger partial charge in [-0.3, -0.25) is 5.41 Å². The fourth-order valence-electron chi connectivity index (χ4n) is 1.58. The van der Waals surface area contributed by atoms with Gasteiger partial charge in [-0.05, 0) is 18.6 Å². The Kier molecular flexibility index (Phi) is 5.62. The molecule has 0 saturated heterocycles. The summed E-state index contributed by atoms with van der Waals surface area (Å²) in [6.45, 7) is 1.83.